The summed E-state index contributed by atoms with van der Waals surface area (Å²) in [5, 5.41) is 0. The van der Waals surface area contributed by atoms with Crippen molar-refractivity contribution in [3.63, 3.8) is 0 Å². The lowest BCUT2D eigenvalue weighted by molar-refractivity contribution is -0.137. The Morgan fingerprint density at radius 1 is 1.25 bits per heavy atom. The van der Waals surface area contributed by atoms with Gasteiger partial charge in [-0.15, -0.1) is 0 Å². The van der Waals surface area contributed by atoms with Crippen molar-refractivity contribution in [2.24, 2.45) is 11.7 Å². The fraction of sp³-hybridized carbons (Fsp3) is 1.00. The van der Waals surface area contributed by atoms with Gasteiger partial charge in [-0.1, -0.05) is 6.42 Å². The summed E-state index contributed by atoms with van der Waals surface area (Å²) in [5.41, 5.74) is 5.91. The number of alkyl halides is 3. The summed E-state index contributed by atoms with van der Waals surface area (Å²) in [6.07, 6.45) is -0.475. The average molecular weight is 238 g/mol. The van der Waals surface area contributed by atoms with E-state index in [1.807, 2.05) is 0 Å². The second kappa shape index (κ2) is 5.87. The summed E-state index contributed by atoms with van der Waals surface area (Å²) in [6.45, 7) is 0.805. The van der Waals surface area contributed by atoms with Gasteiger partial charge in [0.2, 0.25) is 0 Å². The van der Waals surface area contributed by atoms with E-state index in [1.165, 1.54) is 0 Å². The van der Waals surface area contributed by atoms with Crippen LogP contribution < -0.4 is 5.73 Å². The summed E-state index contributed by atoms with van der Waals surface area (Å²) in [6, 6.07) is 0.260. The average Bonchev–Trinajstić information content (AvgIpc) is 2.57. The molecule has 0 heterocycles. The lowest BCUT2D eigenvalue weighted by atomic mass is 10.0. The van der Waals surface area contributed by atoms with Crippen LogP contribution in [0.5, 0.6) is 0 Å². The van der Waals surface area contributed by atoms with Gasteiger partial charge in [0, 0.05) is 12.6 Å². The SMILES string of the molecule is CN(CCC1CCCC1N)CCC(F)(F)F. The molecule has 1 aliphatic rings. The Kier molecular flexibility index (Phi) is 5.05. The molecule has 2 unspecified atom stereocenters. The van der Waals surface area contributed by atoms with E-state index in [4.69, 9.17) is 5.73 Å². The lowest BCUT2D eigenvalue weighted by Gasteiger charge is -2.21. The van der Waals surface area contributed by atoms with E-state index in [-0.39, 0.29) is 12.6 Å². The van der Waals surface area contributed by atoms with Gasteiger partial charge in [-0.2, -0.15) is 13.2 Å². The molecule has 2 nitrogen and oxygen atoms in total. The Bertz CT molecular complexity index is 206. The van der Waals surface area contributed by atoms with Gasteiger partial charge >= 0.3 is 6.18 Å². The maximum Gasteiger partial charge on any atom is 0.390 e. The second-order valence-electron chi connectivity index (χ2n) is 4.81. The van der Waals surface area contributed by atoms with Crippen molar-refractivity contribution in [2.75, 3.05) is 20.1 Å². The topological polar surface area (TPSA) is 29.3 Å². The zero-order chi connectivity index (χ0) is 12.2. The molecule has 96 valence electrons. The van der Waals surface area contributed by atoms with Crippen LogP contribution in [0.1, 0.15) is 32.1 Å². The number of nitrogens with two attached hydrogens (primary N) is 1. The quantitative estimate of drug-likeness (QED) is 0.797. The van der Waals surface area contributed by atoms with Crippen molar-refractivity contribution in [2.45, 2.75) is 44.3 Å². The summed E-state index contributed by atoms with van der Waals surface area (Å²) in [4.78, 5) is 1.75. The maximum atomic E-state index is 12.0. The number of rotatable bonds is 5. The van der Waals surface area contributed by atoms with Gasteiger partial charge < -0.3 is 10.6 Å². The molecule has 0 radical (unpaired) electrons. The smallest absolute Gasteiger partial charge is 0.327 e. The van der Waals surface area contributed by atoms with Gasteiger partial charge in [-0.25, -0.2) is 0 Å². The Morgan fingerprint density at radius 2 is 1.94 bits per heavy atom. The fourth-order valence-corrected chi connectivity index (χ4v) is 2.24. The van der Waals surface area contributed by atoms with Gasteiger partial charge in [0.15, 0.2) is 0 Å². The first-order chi connectivity index (χ1) is 7.38. The first kappa shape index (κ1) is 13.8. The van der Waals surface area contributed by atoms with E-state index in [1.54, 1.807) is 11.9 Å². The van der Waals surface area contributed by atoms with Crippen molar-refractivity contribution < 1.29 is 13.2 Å². The molecule has 0 aromatic heterocycles. The van der Waals surface area contributed by atoms with Gasteiger partial charge in [0.05, 0.1) is 6.42 Å². The minimum atomic E-state index is -4.04. The van der Waals surface area contributed by atoms with Crippen LogP contribution in [-0.4, -0.2) is 37.3 Å². The van der Waals surface area contributed by atoms with Crippen molar-refractivity contribution in [1.82, 2.24) is 4.90 Å². The minimum absolute atomic E-state index is 0.0887. The standard InChI is InChI=1S/C11H21F3N2/c1-16(8-6-11(12,13)14)7-5-9-3-2-4-10(9)15/h9-10H,2-8,15H2,1H3. The highest BCUT2D eigenvalue weighted by atomic mass is 19.4. The van der Waals surface area contributed by atoms with Crippen molar-refractivity contribution in [3.8, 4) is 0 Å². The van der Waals surface area contributed by atoms with Crippen molar-refractivity contribution in [1.29, 1.82) is 0 Å². The van der Waals surface area contributed by atoms with Crippen LogP contribution in [0.25, 0.3) is 0 Å². The van der Waals surface area contributed by atoms with Crippen molar-refractivity contribution >= 4 is 0 Å². The molecule has 1 rings (SSSR count). The summed E-state index contributed by atoms with van der Waals surface area (Å²) in [5.74, 6) is 0.508. The third-order valence-electron chi connectivity index (χ3n) is 3.38. The van der Waals surface area contributed by atoms with E-state index < -0.39 is 12.6 Å². The van der Waals surface area contributed by atoms with E-state index >= 15 is 0 Å². The fourth-order valence-electron chi connectivity index (χ4n) is 2.24. The van der Waals surface area contributed by atoms with Crippen LogP contribution in [0.15, 0.2) is 0 Å². The highest BCUT2D eigenvalue weighted by molar-refractivity contribution is 4.80. The molecule has 0 bridgehead atoms. The molecule has 1 saturated carbocycles. The molecular weight excluding hydrogens is 217 g/mol. The first-order valence-corrected chi connectivity index (χ1v) is 5.89. The van der Waals surface area contributed by atoms with E-state index in [0.717, 1.165) is 25.7 Å². The van der Waals surface area contributed by atoms with Crippen molar-refractivity contribution in [3.05, 3.63) is 0 Å². The molecule has 0 spiro atoms. The number of hydrogen-bond donors (Lipinski definition) is 1. The molecular formula is C11H21F3N2. The Labute approximate surface area is 95.0 Å². The second-order valence-corrected chi connectivity index (χ2v) is 4.81. The highest BCUT2D eigenvalue weighted by Crippen LogP contribution is 2.27. The van der Waals surface area contributed by atoms with Gasteiger partial charge in [-0.3, -0.25) is 0 Å². The molecule has 16 heavy (non-hydrogen) atoms. The zero-order valence-corrected chi connectivity index (χ0v) is 9.76. The molecule has 2 atom stereocenters. The minimum Gasteiger partial charge on any atom is -0.327 e. The largest absolute Gasteiger partial charge is 0.390 e. The monoisotopic (exact) mass is 238 g/mol. The van der Waals surface area contributed by atoms with Crippen LogP contribution in [0.2, 0.25) is 0 Å². The van der Waals surface area contributed by atoms with Gasteiger partial charge in [0.1, 0.15) is 0 Å². The number of halogens is 3. The van der Waals surface area contributed by atoms with Gasteiger partial charge in [-0.05, 0) is 38.8 Å². The van der Waals surface area contributed by atoms with Crippen LogP contribution in [0, 0.1) is 5.92 Å². The first-order valence-electron chi connectivity index (χ1n) is 5.89. The molecule has 1 aliphatic carbocycles. The van der Waals surface area contributed by atoms with E-state index in [2.05, 4.69) is 0 Å². The van der Waals surface area contributed by atoms with Crippen LogP contribution in [0.4, 0.5) is 13.2 Å². The zero-order valence-electron chi connectivity index (χ0n) is 9.76. The van der Waals surface area contributed by atoms with Crippen LogP contribution >= 0.6 is 0 Å². The normalized spacial score (nSPS) is 26.6. The summed E-state index contributed by atoms with van der Waals surface area (Å²) in [7, 11) is 1.74. The molecule has 0 aliphatic heterocycles. The molecule has 1 fully saturated rings. The van der Waals surface area contributed by atoms with Crippen LogP contribution in [-0.2, 0) is 0 Å². The molecule has 5 heteroatoms. The molecule has 0 amide bonds. The van der Waals surface area contributed by atoms with E-state index in [0.29, 0.717) is 12.5 Å². The van der Waals surface area contributed by atoms with Crippen LogP contribution in [0.3, 0.4) is 0 Å². The Balaban J connectivity index is 2.12. The molecule has 0 aromatic rings. The molecule has 0 saturated heterocycles. The number of nitrogens with zero attached hydrogens (tertiary/aromatic N) is 1. The molecule has 0 aromatic carbocycles. The van der Waals surface area contributed by atoms with E-state index in [9.17, 15) is 13.2 Å². The number of hydrogen-bond acceptors (Lipinski definition) is 2. The summed E-state index contributed by atoms with van der Waals surface area (Å²) >= 11 is 0. The highest BCUT2D eigenvalue weighted by Gasteiger charge is 2.28. The predicted octanol–water partition coefficient (Wildman–Crippen LogP) is 2.39. The predicted molar refractivity (Wildman–Crippen MR) is 58.1 cm³/mol. The third kappa shape index (κ3) is 5.16. The molecule has 2 N–H and O–H groups in total. The lowest BCUT2D eigenvalue weighted by Crippen LogP contribution is -2.30. The maximum absolute atomic E-state index is 12.0. The third-order valence-corrected chi connectivity index (χ3v) is 3.38. The summed E-state index contributed by atoms with van der Waals surface area (Å²) < 4.78 is 35.9. The van der Waals surface area contributed by atoms with Gasteiger partial charge in [0.25, 0.3) is 0 Å². The Hall–Kier alpha value is -0.290. The Morgan fingerprint density at radius 3 is 2.44 bits per heavy atom.